The average Bonchev–Trinajstić information content (AvgIpc) is 3.07. The zero-order chi connectivity index (χ0) is 24.9. The lowest BCUT2D eigenvalue weighted by atomic mass is 9.99. The second-order valence-electron chi connectivity index (χ2n) is 9.08. The number of nitrogens with one attached hydrogen (secondary N) is 1. The number of morpholine rings is 1. The molecule has 0 bridgehead atoms. The van der Waals surface area contributed by atoms with E-state index >= 15 is 0 Å². The first kappa shape index (κ1) is 25.1. The Morgan fingerprint density at radius 1 is 1.06 bits per heavy atom. The molecule has 184 valence electrons. The van der Waals surface area contributed by atoms with Crippen LogP contribution in [0.25, 0.3) is 5.57 Å². The van der Waals surface area contributed by atoms with E-state index in [0.29, 0.717) is 16.3 Å². The monoisotopic (exact) mass is 495 g/mol. The predicted molar refractivity (Wildman–Crippen MR) is 136 cm³/mol. The summed E-state index contributed by atoms with van der Waals surface area (Å²) in [7, 11) is 0. The summed E-state index contributed by atoms with van der Waals surface area (Å²) in [4.78, 5) is 43.0. The van der Waals surface area contributed by atoms with Crippen LogP contribution in [0.3, 0.4) is 0 Å². The molecule has 8 heteroatoms. The SMILES string of the molecule is CC(C)NC(=O)CC1=C(c2cccc(Cl)c2)C(=O)N(c2ccc(CCN3CCOCC3)cc2)C1=O. The van der Waals surface area contributed by atoms with Gasteiger partial charge in [0.1, 0.15) is 0 Å². The number of imide groups is 1. The minimum atomic E-state index is -0.482. The lowest BCUT2D eigenvalue weighted by molar-refractivity contribution is -0.123. The van der Waals surface area contributed by atoms with Crippen molar-refractivity contribution in [1.82, 2.24) is 10.2 Å². The van der Waals surface area contributed by atoms with Crippen molar-refractivity contribution in [2.75, 3.05) is 37.7 Å². The van der Waals surface area contributed by atoms with Gasteiger partial charge in [-0.15, -0.1) is 0 Å². The molecule has 35 heavy (non-hydrogen) atoms. The van der Waals surface area contributed by atoms with Crippen LogP contribution in [0.1, 0.15) is 31.4 Å². The van der Waals surface area contributed by atoms with E-state index in [9.17, 15) is 14.4 Å². The Kier molecular flexibility index (Phi) is 8.00. The summed E-state index contributed by atoms with van der Waals surface area (Å²) < 4.78 is 5.40. The number of hydrogen-bond donors (Lipinski definition) is 1. The minimum Gasteiger partial charge on any atom is -0.379 e. The third-order valence-corrected chi connectivity index (χ3v) is 6.33. The number of amides is 3. The fourth-order valence-corrected chi connectivity index (χ4v) is 4.56. The van der Waals surface area contributed by atoms with Gasteiger partial charge in [0.2, 0.25) is 5.91 Å². The molecule has 2 aromatic carbocycles. The average molecular weight is 496 g/mol. The summed E-state index contributed by atoms with van der Waals surface area (Å²) in [5.74, 6) is -1.24. The van der Waals surface area contributed by atoms with Gasteiger partial charge in [-0.2, -0.15) is 0 Å². The normalized spacial score (nSPS) is 17.0. The maximum Gasteiger partial charge on any atom is 0.266 e. The Bertz CT molecular complexity index is 1140. The molecule has 1 saturated heterocycles. The standard InChI is InChI=1S/C27H30ClN3O4/c1-18(2)29-24(32)17-23-25(20-4-3-5-21(28)16-20)27(34)31(26(23)33)22-8-6-19(7-9-22)10-11-30-12-14-35-15-13-30/h3-9,16,18H,10-15,17H2,1-2H3,(H,29,32). The van der Waals surface area contributed by atoms with E-state index in [-0.39, 0.29) is 29.5 Å². The van der Waals surface area contributed by atoms with Gasteiger partial charge in [0.25, 0.3) is 11.8 Å². The number of carbonyl (C=O) groups is 3. The van der Waals surface area contributed by atoms with Gasteiger partial charge in [0.05, 0.1) is 30.9 Å². The topological polar surface area (TPSA) is 79.0 Å². The molecule has 2 aromatic rings. The third kappa shape index (κ3) is 5.99. The van der Waals surface area contributed by atoms with E-state index in [1.807, 2.05) is 26.0 Å². The lowest BCUT2D eigenvalue weighted by Crippen LogP contribution is -2.37. The lowest BCUT2D eigenvalue weighted by Gasteiger charge is -2.26. The second kappa shape index (κ2) is 11.2. The molecule has 2 heterocycles. The Morgan fingerprint density at radius 3 is 2.43 bits per heavy atom. The molecule has 4 rings (SSSR count). The number of hydrogen-bond acceptors (Lipinski definition) is 5. The number of carbonyl (C=O) groups excluding carboxylic acids is 3. The van der Waals surface area contributed by atoms with E-state index in [1.165, 1.54) is 0 Å². The number of rotatable bonds is 8. The van der Waals surface area contributed by atoms with E-state index in [2.05, 4.69) is 10.2 Å². The molecule has 0 atom stereocenters. The van der Waals surface area contributed by atoms with Gasteiger partial charge >= 0.3 is 0 Å². The molecule has 2 aliphatic rings. The van der Waals surface area contributed by atoms with Crippen LogP contribution in [0.5, 0.6) is 0 Å². The maximum absolute atomic E-state index is 13.5. The number of anilines is 1. The van der Waals surface area contributed by atoms with Gasteiger partial charge < -0.3 is 10.1 Å². The van der Waals surface area contributed by atoms with Crippen LogP contribution >= 0.6 is 11.6 Å². The van der Waals surface area contributed by atoms with Crippen LogP contribution < -0.4 is 10.2 Å². The molecule has 0 unspecified atom stereocenters. The Balaban J connectivity index is 1.56. The highest BCUT2D eigenvalue weighted by Gasteiger charge is 2.40. The molecular formula is C27H30ClN3O4. The molecule has 0 aliphatic carbocycles. The molecular weight excluding hydrogens is 466 g/mol. The van der Waals surface area contributed by atoms with Crippen LogP contribution in [0.2, 0.25) is 5.02 Å². The fraction of sp³-hybridized carbons (Fsp3) is 0.370. The van der Waals surface area contributed by atoms with Crippen molar-refractivity contribution in [1.29, 1.82) is 0 Å². The quantitative estimate of drug-likeness (QED) is 0.567. The number of benzene rings is 2. The molecule has 1 N–H and O–H groups in total. The van der Waals surface area contributed by atoms with Crippen molar-refractivity contribution in [3.63, 3.8) is 0 Å². The molecule has 2 aliphatic heterocycles. The zero-order valence-electron chi connectivity index (χ0n) is 20.1. The van der Waals surface area contributed by atoms with E-state index < -0.39 is 11.8 Å². The van der Waals surface area contributed by atoms with E-state index in [4.69, 9.17) is 16.3 Å². The van der Waals surface area contributed by atoms with Crippen LogP contribution in [0.4, 0.5) is 5.69 Å². The summed E-state index contributed by atoms with van der Waals surface area (Å²) in [5.41, 5.74) is 2.51. The summed E-state index contributed by atoms with van der Waals surface area (Å²) in [6.45, 7) is 8.01. The number of halogens is 1. The molecule has 7 nitrogen and oxygen atoms in total. The highest BCUT2D eigenvalue weighted by Crippen LogP contribution is 2.35. The van der Waals surface area contributed by atoms with Crippen molar-refractivity contribution in [3.8, 4) is 0 Å². The molecule has 1 fully saturated rings. The third-order valence-electron chi connectivity index (χ3n) is 6.10. The van der Waals surface area contributed by atoms with Gasteiger partial charge in [0, 0.05) is 36.3 Å². The van der Waals surface area contributed by atoms with Crippen molar-refractivity contribution < 1.29 is 19.1 Å². The molecule has 3 amide bonds. The molecule has 0 radical (unpaired) electrons. The zero-order valence-corrected chi connectivity index (χ0v) is 20.8. The van der Waals surface area contributed by atoms with Crippen LogP contribution in [0.15, 0.2) is 54.1 Å². The highest BCUT2D eigenvalue weighted by atomic mass is 35.5. The van der Waals surface area contributed by atoms with Gasteiger partial charge in [-0.3, -0.25) is 19.3 Å². The largest absolute Gasteiger partial charge is 0.379 e. The van der Waals surface area contributed by atoms with Gasteiger partial charge in [-0.05, 0) is 55.7 Å². The van der Waals surface area contributed by atoms with Crippen LogP contribution in [-0.4, -0.2) is 61.5 Å². The van der Waals surface area contributed by atoms with Crippen molar-refractivity contribution in [2.45, 2.75) is 32.7 Å². The van der Waals surface area contributed by atoms with E-state index in [1.54, 1.807) is 36.4 Å². The van der Waals surface area contributed by atoms with Gasteiger partial charge in [-0.25, -0.2) is 4.90 Å². The number of nitrogens with zero attached hydrogens (tertiary/aromatic N) is 2. The van der Waals surface area contributed by atoms with Crippen molar-refractivity contribution >= 4 is 40.6 Å². The fourth-order valence-electron chi connectivity index (χ4n) is 4.37. The van der Waals surface area contributed by atoms with Gasteiger partial charge in [-0.1, -0.05) is 35.9 Å². The Hall–Kier alpha value is -3.00. The summed E-state index contributed by atoms with van der Waals surface area (Å²) >= 11 is 6.16. The van der Waals surface area contributed by atoms with Crippen molar-refractivity contribution in [3.05, 3.63) is 70.3 Å². The highest BCUT2D eigenvalue weighted by molar-refractivity contribution is 6.46. The molecule has 0 aromatic heterocycles. The Morgan fingerprint density at radius 2 is 1.77 bits per heavy atom. The summed E-state index contributed by atoms with van der Waals surface area (Å²) in [6, 6.07) is 14.2. The smallest absolute Gasteiger partial charge is 0.266 e. The Labute approximate surface area is 210 Å². The van der Waals surface area contributed by atoms with Gasteiger partial charge in [0.15, 0.2) is 0 Å². The predicted octanol–water partition coefficient (Wildman–Crippen LogP) is 3.46. The first-order valence-corrected chi connectivity index (χ1v) is 12.3. The molecule has 0 saturated carbocycles. The number of ether oxygens (including phenoxy) is 1. The molecule has 0 spiro atoms. The minimum absolute atomic E-state index is 0.0777. The first-order valence-electron chi connectivity index (χ1n) is 11.9. The second-order valence-corrected chi connectivity index (χ2v) is 9.52. The van der Waals surface area contributed by atoms with E-state index in [0.717, 1.165) is 49.7 Å². The maximum atomic E-state index is 13.5. The first-order chi connectivity index (χ1) is 16.8. The van der Waals surface area contributed by atoms with Crippen LogP contribution in [-0.2, 0) is 25.5 Å². The van der Waals surface area contributed by atoms with Crippen molar-refractivity contribution in [2.24, 2.45) is 0 Å². The summed E-state index contributed by atoms with van der Waals surface area (Å²) in [5, 5.41) is 3.25. The van der Waals surface area contributed by atoms with Crippen LogP contribution in [0, 0.1) is 0 Å². The summed E-state index contributed by atoms with van der Waals surface area (Å²) in [6.07, 6.45) is 0.688.